The van der Waals surface area contributed by atoms with E-state index in [0.717, 1.165) is 0 Å². The number of methoxy groups -OCH3 is 1. The van der Waals surface area contributed by atoms with E-state index in [1.54, 1.807) is 4.90 Å². The Labute approximate surface area is 164 Å². The lowest BCUT2D eigenvalue weighted by molar-refractivity contribution is -0.150. The summed E-state index contributed by atoms with van der Waals surface area (Å²) in [7, 11) is 5.12. The maximum Gasteiger partial charge on any atom is 0.338 e. The molecule has 8 nitrogen and oxygen atoms in total. The van der Waals surface area contributed by atoms with Gasteiger partial charge >= 0.3 is 11.9 Å². The van der Waals surface area contributed by atoms with Crippen molar-refractivity contribution in [1.82, 2.24) is 9.80 Å². The number of benzene rings is 1. The molecule has 28 heavy (non-hydrogen) atoms. The van der Waals surface area contributed by atoms with Crippen LogP contribution in [0.1, 0.15) is 40.0 Å². The van der Waals surface area contributed by atoms with Gasteiger partial charge in [-0.1, -0.05) is 0 Å². The zero-order chi connectivity index (χ0) is 20.5. The van der Waals surface area contributed by atoms with Crippen LogP contribution < -0.4 is 0 Å². The van der Waals surface area contributed by atoms with Crippen molar-refractivity contribution in [2.75, 3.05) is 40.8 Å². The highest BCUT2D eigenvalue weighted by Crippen LogP contribution is 2.43. The first-order valence-electron chi connectivity index (χ1n) is 9.31. The molecule has 0 aromatic heterocycles. The molecule has 1 aromatic carbocycles. The SMILES string of the molecule is COC(=O)c1cc(O)cc(C(=O)N2CCC3(CC2)CC(CN(C)C)OC3=O)c1. The number of esters is 2. The molecule has 3 rings (SSSR count). The number of phenols is 1. The lowest BCUT2D eigenvalue weighted by Gasteiger charge is -2.36. The molecule has 2 fully saturated rings. The topological polar surface area (TPSA) is 96.4 Å². The Bertz CT molecular complexity index is 783. The first-order chi connectivity index (χ1) is 13.2. The fourth-order valence-corrected chi connectivity index (χ4v) is 4.05. The lowest BCUT2D eigenvalue weighted by Crippen LogP contribution is -2.45. The van der Waals surface area contributed by atoms with Crippen LogP contribution in [0.5, 0.6) is 5.75 Å². The van der Waals surface area contributed by atoms with Gasteiger partial charge in [0.25, 0.3) is 5.91 Å². The van der Waals surface area contributed by atoms with E-state index in [-0.39, 0.29) is 34.9 Å². The van der Waals surface area contributed by atoms with Crippen LogP contribution >= 0.6 is 0 Å². The van der Waals surface area contributed by atoms with E-state index in [0.29, 0.717) is 38.9 Å². The molecule has 1 spiro atoms. The summed E-state index contributed by atoms with van der Waals surface area (Å²) in [5.74, 6) is -1.25. The van der Waals surface area contributed by atoms with Gasteiger partial charge in [-0.25, -0.2) is 4.79 Å². The van der Waals surface area contributed by atoms with Crippen molar-refractivity contribution in [3.8, 4) is 5.75 Å². The molecule has 2 aliphatic heterocycles. The van der Waals surface area contributed by atoms with Gasteiger partial charge in [-0.3, -0.25) is 9.59 Å². The van der Waals surface area contributed by atoms with Gasteiger partial charge in [0.2, 0.25) is 0 Å². The van der Waals surface area contributed by atoms with E-state index in [9.17, 15) is 19.5 Å². The molecule has 1 unspecified atom stereocenters. The number of cyclic esters (lactones) is 1. The van der Waals surface area contributed by atoms with Crippen LogP contribution in [-0.2, 0) is 14.3 Å². The first kappa shape index (κ1) is 20.1. The zero-order valence-electron chi connectivity index (χ0n) is 16.4. The van der Waals surface area contributed by atoms with Crippen LogP contribution in [0.25, 0.3) is 0 Å². The number of amides is 1. The summed E-state index contributed by atoms with van der Waals surface area (Å²) in [5, 5.41) is 9.85. The van der Waals surface area contributed by atoms with E-state index in [1.807, 2.05) is 19.0 Å². The van der Waals surface area contributed by atoms with E-state index < -0.39 is 11.4 Å². The number of ether oxygens (including phenoxy) is 2. The highest BCUT2D eigenvalue weighted by atomic mass is 16.6. The normalized spacial score (nSPS) is 21.1. The third-order valence-electron chi connectivity index (χ3n) is 5.49. The molecule has 0 saturated carbocycles. The predicted molar refractivity (Wildman–Crippen MR) is 100 cm³/mol. The number of hydrogen-bond acceptors (Lipinski definition) is 7. The number of piperidine rings is 1. The van der Waals surface area contributed by atoms with E-state index in [4.69, 9.17) is 4.74 Å². The van der Waals surface area contributed by atoms with Crippen LogP contribution in [0, 0.1) is 5.41 Å². The summed E-state index contributed by atoms with van der Waals surface area (Å²) in [5.41, 5.74) is -0.186. The molecule has 0 radical (unpaired) electrons. The zero-order valence-corrected chi connectivity index (χ0v) is 16.4. The average molecular weight is 390 g/mol. The van der Waals surface area contributed by atoms with Gasteiger partial charge in [0.1, 0.15) is 11.9 Å². The molecule has 1 amide bonds. The van der Waals surface area contributed by atoms with Crippen LogP contribution in [0.2, 0.25) is 0 Å². The smallest absolute Gasteiger partial charge is 0.338 e. The van der Waals surface area contributed by atoms with Crippen molar-refractivity contribution in [2.45, 2.75) is 25.4 Å². The number of nitrogens with zero attached hydrogens (tertiary/aromatic N) is 2. The molecular weight excluding hydrogens is 364 g/mol. The molecule has 1 aromatic rings. The second kappa shape index (κ2) is 7.79. The van der Waals surface area contributed by atoms with Gasteiger partial charge in [-0.15, -0.1) is 0 Å². The number of hydrogen-bond donors (Lipinski definition) is 1. The fourth-order valence-electron chi connectivity index (χ4n) is 4.05. The Balaban J connectivity index is 1.68. The third kappa shape index (κ3) is 3.96. The fraction of sp³-hybridized carbons (Fsp3) is 0.550. The summed E-state index contributed by atoms with van der Waals surface area (Å²) in [6, 6.07) is 4.00. The standard InChI is InChI=1S/C20H26N2O6/c1-21(2)12-16-11-20(19(26)28-16)4-6-22(7-5-20)17(24)13-8-14(18(25)27-3)10-15(23)9-13/h8-10,16,23H,4-7,11-12H2,1-3H3. The summed E-state index contributed by atoms with van der Waals surface area (Å²) >= 11 is 0. The number of likely N-dealkylation sites (N-methyl/N-ethyl adjacent to an activating group) is 1. The summed E-state index contributed by atoms with van der Waals surface area (Å²) in [6.45, 7) is 1.54. The molecule has 2 aliphatic rings. The van der Waals surface area contributed by atoms with Gasteiger partial charge in [0.15, 0.2) is 0 Å². The molecule has 2 heterocycles. The molecule has 8 heteroatoms. The van der Waals surface area contributed by atoms with Gasteiger partial charge in [-0.05, 0) is 45.1 Å². The van der Waals surface area contributed by atoms with Crippen molar-refractivity contribution in [1.29, 1.82) is 0 Å². The number of rotatable bonds is 4. The van der Waals surface area contributed by atoms with Crippen molar-refractivity contribution < 1.29 is 29.0 Å². The maximum atomic E-state index is 12.8. The Kier molecular flexibility index (Phi) is 5.60. The minimum Gasteiger partial charge on any atom is -0.508 e. The van der Waals surface area contributed by atoms with Crippen molar-refractivity contribution in [3.05, 3.63) is 29.3 Å². The molecule has 0 bridgehead atoms. The number of likely N-dealkylation sites (tertiary alicyclic amines) is 1. The molecule has 1 N–H and O–H groups in total. The van der Waals surface area contributed by atoms with Crippen LogP contribution in [-0.4, -0.2) is 79.7 Å². The number of aromatic hydroxyl groups is 1. The van der Waals surface area contributed by atoms with E-state index in [2.05, 4.69) is 4.74 Å². The summed E-state index contributed by atoms with van der Waals surface area (Å²) in [4.78, 5) is 40.7. The predicted octanol–water partition coefficient (Wildman–Crippen LogP) is 1.28. The molecule has 0 aliphatic carbocycles. The summed E-state index contributed by atoms with van der Waals surface area (Å²) in [6.07, 6.45) is 1.65. The van der Waals surface area contributed by atoms with E-state index >= 15 is 0 Å². The maximum absolute atomic E-state index is 12.8. The minimum absolute atomic E-state index is 0.113. The Morgan fingerprint density at radius 2 is 1.89 bits per heavy atom. The molecular formula is C20H26N2O6. The van der Waals surface area contributed by atoms with Gasteiger partial charge in [0.05, 0.1) is 18.1 Å². The minimum atomic E-state index is -0.622. The number of phenolic OH excluding ortho intramolecular Hbond substituents is 1. The third-order valence-corrected chi connectivity index (χ3v) is 5.49. The van der Waals surface area contributed by atoms with Crippen molar-refractivity contribution in [3.63, 3.8) is 0 Å². The first-order valence-corrected chi connectivity index (χ1v) is 9.31. The Morgan fingerprint density at radius 1 is 1.25 bits per heavy atom. The number of carbonyl (C=O) groups is 3. The molecule has 152 valence electrons. The van der Waals surface area contributed by atoms with Gasteiger partial charge in [0, 0.05) is 31.6 Å². The average Bonchev–Trinajstić information content (AvgIpc) is 2.94. The van der Waals surface area contributed by atoms with Crippen molar-refractivity contribution in [2.24, 2.45) is 5.41 Å². The quantitative estimate of drug-likeness (QED) is 0.774. The van der Waals surface area contributed by atoms with Crippen LogP contribution in [0.4, 0.5) is 0 Å². The summed E-state index contributed by atoms with van der Waals surface area (Å²) < 4.78 is 10.2. The molecule has 1 atom stereocenters. The number of carbonyl (C=O) groups excluding carboxylic acids is 3. The van der Waals surface area contributed by atoms with Crippen LogP contribution in [0.3, 0.4) is 0 Å². The Morgan fingerprint density at radius 3 is 2.50 bits per heavy atom. The lowest BCUT2D eigenvalue weighted by atomic mass is 9.76. The van der Waals surface area contributed by atoms with Crippen molar-refractivity contribution >= 4 is 17.8 Å². The van der Waals surface area contributed by atoms with Gasteiger partial charge in [-0.2, -0.15) is 0 Å². The molecule has 2 saturated heterocycles. The Hall–Kier alpha value is -2.61. The largest absolute Gasteiger partial charge is 0.508 e. The monoisotopic (exact) mass is 390 g/mol. The van der Waals surface area contributed by atoms with Crippen LogP contribution in [0.15, 0.2) is 18.2 Å². The second-order valence-electron chi connectivity index (χ2n) is 7.83. The second-order valence-corrected chi connectivity index (χ2v) is 7.83. The highest BCUT2D eigenvalue weighted by Gasteiger charge is 2.50. The highest BCUT2D eigenvalue weighted by molar-refractivity contribution is 5.98. The van der Waals surface area contributed by atoms with Gasteiger partial charge < -0.3 is 24.4 Å². The van der Waals surface area contributed by atoms with E-state index in [1.165, 1.54) is 25.3 Å².